The monoisotopic (exact) mass is 572 g/mol. The fourth-order valence-electron chi connectivity index (χ4n) is 6.04. The summed E-state index contributed by atoms with van der Waals surface area (Å²) < 4.78 is 0. The quantitative estimate of drug-likeness (QED) is 0.159. The predicted octanol–water partition coefficient (Wildman–Crippen LogP) is 4.75. The van der Waals surface area contributed by atoms with Crippen LogP contribution in [-0.4, -0.2) is 38.3 Å². The van der Waals surface area contributed by atoms with Crippen LogP contribution in [-0.2, 0) is 0 Å². The molecule has 3 aromatic carbocycles. The number of benzene rings is 3. The zero-order valence-electron chi connectivity index (χ0n) is 22.8. The van der Waals surface area contributed by atoms with E-state index in [1.54, 1.807) is 19.1 Å². The highest BCUT2D eigenvalue weighted by Crippen LogP contribution is 2.38. The number of hydrogen-bond donors (Lipinski definition) is 1. The van der Waals surface area contributed by atoms with Crippen LogP contribution >= 0.6 is 0 Å². The molecular weight excluding hydrogens is 552 g/mol. The number of aromatic amines is 1. The van der Waals surface area contributed by atoms with E-state index in [4.69, 9.17) is 0 Å². The number of carbonyl (C=O) groups excluding carboxylic acids is 4. The van der Waals surface area contributed by atoms with E-state index < -0.39 is 39.8 Å². The molecule has 2 heterocycles. The minimum Gasteiger partial charge on any atom is -0.309 e. The standard InChI is InChI=1S/C32H20N4O7/c1-14-11-23(36(42)43)15(2)24-26(14)33-29(34-30(24)39)25-27(37)19-12-21-22(13-20(19)28(25)38)32(41)35(31(21)40)18-9-7-17(8-10-18)16-5-3-4-6-16/h3,5-13,25H,4H2,1-2H3,(H,33,34,39). The van der Waals surface area contributed by atoms with Crippen molar-refractivity contribution in [3.8, 4) is 0 Å². The molecule has 1 N–H and O–H groups in total. The molecule has 1 aliphatic heterocycles. The lowest BCUT2D eigenvalue weighted by molar-refractivity contribution is -0.385. The van der Waals surface area contributed by atoms with Gasteiger partial charge < -0.3 is 4.98 Å². The molecule has 2 aliphatic carbocycles. The Morgan fingerprint density at radius 1 is 0.907 bits per heavy atom. The van der Waals surface area contributed by atoms with Gasteiger partial charge in [0.1, 0.15) is 11.7 Å². The predicted molar refractivity (Wildman–Crippen MR) is 156 cm³/mol. The third-order valence-corrected chi connectivity index (χ3v) is 8.20. The first-order valence-electron chi connectivity index (χ1n) is 13.4. The highest BCUT2D eigenvalue weighted by molar-refractivity contribution is 6.37. The Hall–Kier alpha value is -5.84. The van der Waals surface area contributed by atoms with E-state index >= 15 is 0 Å². The van der Waals surface area contributed by atoms with Gasteiger partial charge >= 0.3 is 0 Å². The Labute approximate surface area is 242 Å². The van der Waals surface area contributed by atoms with Gasteiger partial charge in [0.25, 0.3) is 23.1 Å². The van der Waals surface area contributed by atoms with Gasteiger partial charge in [-0.15, -0.1) is 0 Å². The first-order valence-corrected chi connectivity index (χ1v) is 13.4. The first-order chi connectivity index (χ1) is 20.6. The van der Waals surface area contributed by atoms with E-state index in [2.05, 4.69) is 16.0 Å². The number of rotatable bonds is 4. The maximum absolute atomic E-state index is 13.6. The van der Waals surface area contributed by atoms with Gasteiger partial charge in [-0.25, -0.2) is 9.88 Å². The second-order valence-corrected chi connectivity index (χ2v) is 10.7. The average molecular weight is 573 g/mol. The lowest BCUT2D eigenvalue weighted by Gasteiger charge is -2.14. The van der Waals surface area contributed by atoms with E-state index in [0.717, 1.165) is 22.5 Å². The molecule has 0 atom stereocenters. The number of nitro benzene ring substituents is 1. The van der Waals surface area contributed by atoms with E-state index in [1.165, 1.54) is 25.1 Å². The maximum Gasteiger partial charge on any atom is 0.273 e. The van der Waals surface area contributed by atoms with Crippen molar-refractivity contribution in [2.75, 3.05) is 4.90 Å². The van der Waals surface area contributed by atoms with E-state index in [1.807, 2.05) is 24.3 Å². The molecule has 43 heavy (non-hydrogen) atoms. The minimum atomic E-state index is -1.50. The molecule has 4 aromatic rings. The number of aryl methyl sites for hydroxylation is 2. The number of nitro groups is 1. The van der Waals surface area contributed by atoms with Gasteiger partial charge in [0, 0.05) is 22.8 Å². The first kappa shape index (κ1) is 26.1. The van der Waals surface area contributed by atoms with Crippen LogP contribution in [0.3, 0.4) is 0 Å². The molecule has 1 aromatic heterocycles. The summed E-state index contributed by atoms with van der Waals surface area (Å²) in [5.74, 6) is -4.32. The minimum absolute atomic E-state index is 0.00481. The van der Waals surface area contributed by atoms with Crippen molar-refractivity contribution >= 4 is 51.2 Å². The van der Waals surface area contributed by atoms with Gasteiger partial charge in [-0.05, 0) is 61.2 Å². The topological polar surface area (TPSA) is 160 Å². The molecule has 0 fully saturated rings. The molecule has 0 spiro atoms. The number of nitrogens with zero attached hydrogens (tertiary/aromatic N) is 3. The molecule has 3 aliphatic rings. The summed E-state index contributed by atoms with van der Waals surface area (Å²) >= 11 is 0. The fourth-order valence-corrected chi connectivity index (χ4v) is 6.04. The van der Waals surface area contributed by atoms with E-state index in [9.17, 15) is 34.1 Å². The van der Waals surface area contributed by atoms with Crippen molar-refractivity contribution in [1.82, 2.24) is 9.97 Å². The number of Topliss-reactive ketones (excluding diaryl/α,β-unsaturated/α-hetero) is 2. The average Bonchev–Trinajstić information content (AvgIpc) is 3.67. The molecule has 0 saturated carbocycles. The van der Waals surface area contributed by atoms with Crippen LogP contribution in [0.25, 0.3) is 16.5 Å². The fraction of sp³-hybridized carbons (Fsp3) is 0.125. The number of ketones is 2. The molecule has 0 bridgehead atoms. The zero-order chi connectivity index (χ0) is 30.3. The number of hydrogen-bond acceptors (Lipinski definition) is 8. The maximum atomic E-state index is 13.6. The normalized spacial score (nSPS) is 16.0. The van der Waals surface area contributed by atoms with Crippen molar-refractivity contribution in [3.05, 3.63) is 126 Å². The summed E-state index contributed by atoms with van der Waals surface area (Å²) in [6.45, 7) is 2.97. The number of anilines is 1. The number of H-pyrrole nitrogens is 1. The Balaban J connectivity index is 1.25. The molecular formula is C32H20N4O7. The molecule has 210 valence electrons. The van der Waals surface area contributed by atoms with Crippen LogP contribution in [0.5, 0.6) is 0 Å². The van der Waals surface area contributed by atoms with Gasteiger partial charge in [-0.1, -0.05) is 30.4 Å². The van der Waals surface area contributed by atoms with E-state index in [0.29, 0.717) is 11.3 Å². The summed E-state index contributed by atoms with van der Waals surface area (Å²) in [5.41, 5.74) is 1.84. The summed E-state index contributed by atoms with van der Waals surface area (Å²) in [5, 5.41) is 11.4. The van der Waals surface area contributed by atoms with Crippen LogP contribution in [0.2, 0.25) is 0 Å². The number of imide groups is 1. The Kier molecular flexibility index (Phi) is 5.51. The number of fused-ring (bicyclic) bond motifs is 3. The van der Waals surface area contributed by atoms with Gasteiger partial charge in [0.05, 0.1) is 32.6 Å². The number of carbonyl (C=O) groups is 4. The molecule has 0 radical (unpaired) electrons. The lowest BCUT2D eigenvalue weighted by atomic mass is 10.0. The highest BCUT2D eigenvalue weighted by Gasteiger charge is 2.46. The summed E-state index contributed by atoms with van der Waals surface area (Å²) in [6, 6.07) is 10.8. The van der Waals surface area contributed by atoms with Gasteiger partial charge in [-0.3, -0.25) is 34.1 Å². The largest absolute Gasteiger partial charge is 0.309 e. The second kappa shape index (κ2) is 9.08. The smallest absolute Gasteiger partial charge is 0.273 e. The Morgan fingerprint density at radius 3 is 2.09 bits per heavy atom. The van der Waals surface area contributed by atoms with Gasteiger partial charge in [0.2, 0.25) is 0 Å². The van der Waals surface area contributed by atoms with Crippen LogP contribution in [0.15, 0.2) is 65.5 Å². The van der Waals surface area contributed by atoms with Crippen molar-refractivity contribution in [3.63, 3.8) is 0 Å². The Bertz CT molecular complexity index is 2100. The third-order valence-electron chi connectivity index (χ3n) is 8.20. The number of allylic oxidation sites excluding steroid dienone is 4. The lowest BCUT2D eigenvalue weighted by Crippen LogP contribution is -2.29. The van der Waals surface area contributed by atoms with Crippen LogP contribution in [0.1, 0.15) is 76.3 Å². The van der Waals surface area contributed by atoms with Crippen LogP contribution < -0.4 is 10.5 Å². The molecule has 2 amide bonds. The Morgan fingerprint density at radius 2 is 1.53 bits per heavy atom. The molecule has 11 nitrogen and oxygen atoms in total. The second-order valence-electron chi connectivity index (χ2n) is 10.7. The molecule has 0 saturated heterocycles. The summed E-state index contributed by atoms with van der Waals surface area (Å²) in [6.07, 6.45) is 6.94. The number of nitrogens with one attached hydrogen (secondary N) is 1. The van der Waals surface area contributed by atoms with Crippen LogP contribution in [0.4, 0.5) is 11.4 Å². The van der Waals surface area contributed by atoms with Crippen molar-refractivity contribution in [2.45, 2.75) is 26.2 Å². The van der Waals surface area contributed by atoms with Crippen molar-refractivity contribution < 1.29 is 24.1 Å². The van der Waals surface area contributed by atoms with Crippen molar-refractivity contribution in [1.29, 1.82) is 0 Å². The van der Waals surface area contributed by atoms with Crippen LogP contribution in [0, 0.1) is 24.0 Å². The van der Waals surface area contributed by atoms with Crippen molar-refractivity contribution in [2.24, 2.45) is 0 Å². The molecule has 7 rings (SSSR count). The van der Waals surface area contributed by atoms with E-state index in [-0.39, 0.29) is 50.2 Å². The highest BCUT2D eigenvalue weighted by atomic mass is 16.6. The zero-order valence-corrected chi connectivity index (χ0v) is 22.8. The SMILES string of the molecule is Cc1cc([N+](=O)[O-])c(C)c2c(=O)[nH]c(C3C(=O)c4cc5c(cc4C3=O)C(=O)N(c3ccc(C4=CCC=C4)cc3)C5=O)nc12. The third kappa shape index (κ3) is 3.67. The summed E-state index contributed by atoms with van der Waals surface area (Å²) in [4.78, 5) is 85.7. The van der Waals surface area contributed by atoms with Gasteiger partial charge in [-0.2, -0.15) is 0 Å². The number of aromatic nitrogens is 2. The number of amides is 2. The van der Waals surface area contributed by atoms with Gasteiger partial charge in [0.15, 0.2) is 11.6 Å². The molecule has 0 unspecified atom stereocenters. The summed E-state index contributed by atoms with van der Waals surface area (Å²) in [7, 11) is 0. The molecule has 11 heteroatoms.